The van der Waals surface area contributed by atoms with Crippen molar-refractivity contribution in [2.45, 2.75) is 9.10 Å². The monoisotopic (exact) mass is 425 g/mol. The van der Waals surface area contributed by atoms with Crippen molar-refractivity contribution in [2.24, 2.45) is 0 Å². The van der Waals surface area contributed by atoms with E-state index in [1.54, 1.807) is 17.8 Å². The number of rotatable bonds is 5. The van der Waals surface area contributed by atoms with E-state index in [0.717, 1.165) is 30.6 Å². The fourth-order valence-corrected chi connectivity index (χ4v) is 5.14. The Balaban J connectivity index is 1.71. The summed E-state index contributed by atoms with van der Waals surface area (Å²) in [5.74, 6) is -1.11. The number of thiophene rings is 1. The van der Waals surface area contributed by atoms with Crippen molar-refractivity contribution in [2.75, 3.05) is 13.7 Å². The van der Waals surface area contributed by atoms with Crippen molar-refractivity contribution in [3.63, 3.8) is 0 Å². The predicted molar refractivity (Wildman–Crippen MR) is 105 cm³/mol. The third-order valence-corrected chi connectivity index (χ3v) is 6.63. The maximum absolute atomic E-state index is 12.3. The number of thioether (sulfide) groups is 1. The van der Waals surface area contributed by atoms with Gasteiger partial charge in [0, 0.05) is 14.8 Å². The van der Waals surface area contributed by atoms with Crippen LogP contribution in [0.15, 0.2) is 50.4 Å². The Morgan fingerprint density at radius 2 is 1.96 bits per heavy atom. The summed E-state index contributed by atoms with van der Waals surface area (Å²) in [6, 6.07) is 11.4. The van der Waals surface area contributed by atoms with Crippen LogP contribution in [-0.4, -0.2) is 35.7 Å². The molecule has 2 heterocycles. The minimum absolute atomic E-state index is 0.295. The number of esters is 1. The predicted octanol–water partition coefficient (Wildman–Crippen LogP) is 4.76. The van der Waals surface area contributed by atoms with Gasteiger partial charge < -0.3 is 4.74 Å². The maximum Gasteiger partial charge on any atom is 0.325 e. The SMILES string of the molecule is COC(=O)CN1C(=O)S/C(=C/c2ccc(Sc3ccc(Cl)cc3)s2)C1=O. The highest BCUT2D eigenvalue weighted by molar-refractivity contribution is 8.18. The van der Waals surface area contributed by atoms with Gasteiger partial charge in [-0.05, 0) is 54.2 Å². The number of halogens is 1. The molecule has 0 spiro atoms. The molecule has 0 unspecified atom stereocenters. The first-order valence-electron chi connectivity index (χ1n) is 7.31. The highest BCUT2D eigenvalue weighted by Gasteiger charge is 2.36. The van der Waals surface area contributed by atoms with E-state index in [4.69, 9.17) is 11.6 Å². The van der Waals surface area contributed by atoms with Crippen molar-refractivity contribution in [1.29, 1.82) is 0 Å². The summed E-state index contributed by atoms with van der Waals surface area (Å²) in [7, 11) is 1.21. The fraction of sp³-hybridized carbons (Fsp3) is 0.118. The molecule has 3 rings (SSSR count). The molecule has 1 saturated heterocycles. The van der Waals surface area contributed by atoms with E-state index in [1.165, 1.54) is 18.4 Å². The van der Waals surface area contributed by atoms with E-state index < -0.39 is 17.1 Å². The molecule has 134 valence electrons. The van der Waals surface area contributed by atoms with Gasteiger partial charge in [0.15, 0.2) is 0 Å². The molecule has 2 aromatic rings. The van der Waals surface area contributed by atoms with Gasteiger partial charge >= 0.3 is 5.97 Å². The van der Waals surface area contributed by atoms with Crippen LogP contribution in [0.5, 0.6) is 0 Å². The first-order chi connectivity index (χ1) is 12.5. The molecule has 0 N–H and O–H groups in total. The summed E-state index contributed by atoms with van der Waals surface area (Å²) >= 11 is 9.80. The molecule has 1 aliphatic heterocycles. The van der Waals surface area contributed by atoms with Crippen molar-refractivity contribution >= 4 is 69.7 Å². The van der Waals surface area contributed by atoms with E-state index in [0.29, 0.717) is 9.93 Å². The lowest BCUT2D eigenvalue weighted by molar-refractivity contribution is -0.143. The number of amides is 2. The summed E-state index contributed by atoms with van der Waals surface area (Å²) in [6.07, 6.45) is 1.67. The van der Waals surface area contributed by atoms with E-state index in [-0.39, 0.29) is 6.54 Å². The summed E-state index contributed by atoms with van der Waals surface area (Å²) in [6.45, 7) is -0.374. The number of imide groups is 1. The molecule has 0 bridgehead atoms. The first kappa shape index (κ1) is 19.0. The molecule has 0 atom stereocenters. The Morgan fingerprint density at radius 1 is 1.23 bits per heavy atom. The molecule has 26 heavy (non-hydrogen) atoms. The minimum Gasteiger partial charge on any atom is -0.468 e. The lowest BCUT2D eigenvalue weighted by Crippen LogP contribution is -2.34. The molecular weight excluding hydrogens is 414 g/mol. The highest BCUT2D eigenvalue weighted by Crippen LogP contribution is 2.37. The molecule has 0 aliphatic carbocycles. The Labute approximate surface area is 167 Å². The smallest absolute Gasteiger partial charge is 0.325 e. The zero-order valence-electron chi connectivity index (χ0n) is 13.4. The zero-order chi connectivity index (χ0) is 18.7. The van der Waals surface area contributed by atoms with Crippen molar-refractivity contribution < 1.29 is 19.1 Å². The first-order valence-corrected chi connectivity index (χ1v) is 10.1. The summed E-state index contributed by atoms with van der Waals surface area (Å²) < 4.78 is 5.56. The van der Waals surface area contributed by atoms with Gasteiger partial charge in [0.1, 0.15) is 6.54 Å². The summed E-state index contributed by atoms with van der Waals surface area (Å²) in [5.41, 5.74) is 0. The lowest BCUT2D eigenvalue weighted by atomic mass is 10.3. The largest absolute Gasteiger partial charge is 0.468 e. The van der Waals surface area contributed by atoms with Crippen LogP contribution >= 0.6 is 46.5 Å². The van der Waals surface area contributed by atoms with Crippen LogP contribution in [0.1, 0.15) is 4.88 Å². The van der Waals surface area contributed by atoms with Crippen LogP contribution in [0.25, 0.3) is 6.08 Å². The van der Waals surface area contributed by atoms with Gasteiger partial charge in [-0.15, -0.1) is 11.3 Å². The van der Waals surface area contributed by atoms with Gasteiger partial charge in [0.05, 0.1) is 16.2 Å². The molecule has 0 saturated carbocycles. The second kappa shape index (κ2) is 8.30. The van der Waals surface area contributed by atoms with E-state index in [2.05, 4.69) is 4.74 Å². The van der Waals surface area contributed by atoms with Gasteiger partial charge in [-0.2, -0.15) is 0 Å². The average Bonchev–Trinajstić information content (AvgIpc) is 3.16. The second-order valence-electron chi connectivity index (χ2n) is 5.06. The number of nitrogens with zero attached hydrogens (tertiary/aromatic N) is 1. The molecule has 1 aliphatic rings. The van der Waals surface area contributed by atoms with E-state index >= 15 is 0 Å². The van der Waals surface area contributed by atoms with Crippen molar-refractivity contribution in [3.8, 4) is 0 Å². The number of carbonyl (C=O) groups is 3. The number of methoxy groups -OCH3 is 1. The molecular formula is C17H12ClNO4S3. The number of benzene rings is 1. The van der Waals surface area contributed by atoms with Gasteiger partial charge in [-0.25, -0.2) is 0 Å². The van der Waals surface area contributed by atoms with Crippen molar-refractivity contribution in [1.82, 2.24) is 4.90 Å². The third kappa shape index (κ3) is 4.50. The number of carbonyl (C=O) groups excluding carboxylic acids is 3. The van der Waals surface area contributed by atoms with Gasteiger partial charge in [0.2, 0.25) is 0 Å². The van der Waals surface area contributed by atoms with Crippen LogP contribution in [-0.2, 0) is 14.3 Å². The van der Waals surface area contributed by atoms with Gasteiger partial charge in [0.25, 0.3) is 11.1 Å². The van der Waals surface area contributed by atoms with Crippen LogP contribution < -0.4 is 0 Å². The van der Waals surface area contributed by atoms with Crippen molar-refractivity contribution in [3.05, 3.63) is 51.2 Å². The minimum atomic E-state index is -0.633. The number of ether oxygens (including phenoxy) is 1. The highest BCUT2D eigenvalue weighted by atomic mass is 35.5. The molecule has 1 aromatic heterocycles. The Kier molecular flexibility index (Phi) is 6.08. The van der Waals surface area contributed by atoms with Gasteiger partial charge in [-0.3, -0.25) is 19.3 Å². The Bertz CT molecular complexity index is 892. The molecule has 9 heteroatoms. The van der Waals surface area contributed by atoms with Crippen LogP contribution in [0.3, 0.4) is 0 Å². The molecule has 2 amide bonds. The molecule has 0 radical (unpaired) electrons. The molecule has 1 fully saturated rings. The second-order valence-corrected chi connectivity index (χ2v) is 8.98. The maximum atomic E-state index is 12.3. The standard InChI is InChI=1S/C17H12ClNO4S3/c1-23-14(20)9-19-16(21)13(26-17(19)22)8-12-6-7-15(25-12)24-11-4-2-10(18)3-5-11/h2-8H,9H2,1H3/b13-8+. The quantitative estimate of drug-likeness (QED) is 0.508. The summed E-state index contributed by atoms with van der Waals surface area (Å²) in [5, 5.41) is 0.211. The van der Waals surface area contributed by atoms with Crippen LogP contribution in [0.2, 0.25) is 5.02 Å². The average molecular weight is 426 g/mol. The number of hydrogen-bond donors (Lipinski definition) is 0. The summed E-state index contributed by atoms with van der Waals surface area (Å²) in [4.78, 5) is 38.6. The zero-order valence-corrected chi connectivity index (χ0v) is 16.6. The molecule has 1 aromatic carbocycles. The Hall–Kier alpha value is -1.74. The molecule has 5 nitrogen and oxygen atoms in total. The van der Waals surface area contributed by atoms with Crippen LogP contribution in [0.4, 0.5) is 4.79 Å². The normalized spacial score (nSPS) is 15.8. The van der Waals surface area contributed by atoms with Crippen LogP contribution in [0, 0.1) is 0 Å². The topological polar surface area (TPSA) is 63.7 Å². The van der Waals surface area contributed by atoms with E-state index in [1.807, 2.05) is 36.4 Å². The third-order valence-electron chi connectivity index (χ3n) is 3.30. The fourth-order valence-electron chi connectivity index (χ4n) is 2.04. The lowest BCUT2D eigenvalue weighted by Gasteiger charge is -2.09. The van der Waals surface area contributed by atoms with Gasteiger partial charge in [-0.1, -0.05) is 23.4 Å². The number of hydrogen-bond acceptors (Lipinski definition) is 7. The Morgan fingerprint density at radius 3 is 2.65 bits per heavy atom. The van der Waals surface area contributed by atoms with E-state index in [9.17, 15) is 14.4 Å².